The van der Waals surface area contributed by atoms with Crippen LogP contribution in [-0.2, 0) is 14.9 Å². The Bertz CT molecular complexity index is 537. The van der Waals surface area contributed by atoms with Crippen LogP contribution in [0.4, 0.5) is 0 Å². The summed E-state index contributed by atoms with van der Waals surface area (Å²) in [6.07, 6.45) is 3.43. The summed E-state index contributed by atoms with van der Waals surface area (Å²) >= 11 is 3.54. The molecule has 0 aromatic heterocycles. The summed E-state index contributed by atoms with van der Waals surface area (Å²) in [4.78, 5) is 12.1. The lowest BCUT2D eigenvalue weighted by molar-refractivity contribution is -0.123. The van der Waals surface area contributed by atoms with Gasteiger partial charge in [-0.15, -0.1) is 0 Å². The summed E-state index contributed by atoms with van der Waals surface area (Å²) in [6.45, 7) is 2.09. The van der Waals surface area contributed by atoms with Gasteiger partial charge in [-0.3, -0.25) is 4.79 Å². The van der Waals surface area contributed by atoms with Crippen molar-refractivity contribution in [1.82, 2.24) is 5.32 Å². The SMILES string of the molecule is NC1(C(=O)NCC2(c3cccc(Br)c3)CCOCC2)CC1. The lowest BCUT2D eigenvalue weighted by Gasteiger charge is -2.38. The van der Waals surface area contributed by atoms with E-state index in [1.807, 2.05) is 12.1 Å². The number of rotatable bonds is 4. The van der Waals surface area contributed by atoms with Crippen molar-refractivity contribution in [2.24, 2.45) is 5.73 Å². The van der Waals surface area contributed by atoms with Crippen LogP contribution in [0.2, 0.25) is 0 Å². The first-order chi connectivity index (χ1) is 10.0. The van der Waals surface area contributed by atoms with E-state index in [1.54, 1.807) is 0 Å². The van der Waals surface area contributed by atoms with Crippen molar-refractivity contribution >= 4 is 21.8 Å². The number of nitrogens with one attached hydrogen (secondary N) is 1. The first kappa shape index (κ1) is 15.0. The molecule has 0 unspecified atom stereocenters. The maximum atomic E-state index is 12.1. The third-order valence-corrected chi connectivity index (χ3v) is 5.21. The molecule has 1 aliphatic carbocycles. The second kappa shape index (κ2) is 5.71. The molecule has 3 rings (SSSR count). The molecule has 4 nitrogen and oxygen atoms in total. The first-order valence-corrected chi connectivity index (χ1v) is 8.24. The number of amides is 1. The largest absolute Gasteiger partial charge is 0.381 e. The molecule has 0 atom stereocenters. The summed E-state index contributed by atoms with van der Waals surface area (Å²) in [6, 6.07) is 8.35. The molecule has 5 heteroatoms. The number of carbonyl (C=O) groups is 1. The zero-order valence-electron chi connectivity index (χ0n) is 12.0. The fourth-order valence-electron chi connectivity index (χ4n) is 2.94. The molecule has 1 saturated carbocycles. The van der Waals surface area contributed by atoms with Gasteiger partial charge in [0.15, 0.2) is 0 Å². The number of hydrogen-bond acceptors (Lipinski definition) is 3. The Morgan fingerprint density at radius 3 is 2.62 bits per heavy atom. The Hall–Kier alpha value is -0.910. The molecule has 3 N–H and O–H groups in total. The van der Waals surface area contributed by atoms with Crippen LogP contribution in [0.1, 0.15) is 31.2 Å². The second-order valence-corrected chi connectivity index (χ2v) is 7.16. The van der Waals surface area contributed by atoms with Gasteiger partial charge in [0.2, 0.25) is 5.91 Å². The third-order valence-electron chi connectivity index (χ3n) is 4.72. The first-order valence-electron chi connectivity index (χ1n) is 7.45. The molecule has 2 aliphatic rings. The summed E-state index contributed by atoms with van der Waals surface area (Å²) in [5.74, 6) is -0.0108. The van der Waals surface area contributed by atoms with Gasteiger partial charge in [0.05, 0.1) is 5.54 Å². The molecule has 1 amide bonds. The number of nitrogens with two attached hydrogens (primary N) is 1. The normalized spacial score (nSPS) is 22.6. The van der Waals surface area contributed by atoms with Crippen molar-refractivity contribution in [3.63, 3.8) is 0 Å². The molecule has 1 aromatic carbocycles. The average molecular weight is 353 g/mol. The van der Waals surface area contributed by atoms with Crippen LogP contribution in [0, 0.1) is 0 Å². The number of halogens is 1. The smallest absolute Gasteiger partial charge is 0.240 e. The van der Waals surface area contributed by atoms with Gasteiger partial charge < -0.3 is 15.8 Å². The van der Waals surface area contributed by atoms with Crippen LogP contribution in [-0.4, -0.2) is 31.2 Å². The topological polar surface area (TPSA) is 64.4 Å². The predicted molar refractivity (Wildman–Crippen MR) is 85.0 cm³/mol. The molecular formula is C16H21BrN2O2. The van der Waals surface area contributed by atoms with Crippen LogP contribution >= 0.6 is 15.9 Å². The molecule has 0 spiro atoms. The Morgan fingerprint density at radius 1 is 1.29 bits per heavy atom. The van der Waals surface area contributed by atoms with E-state index in [1.165, 1.54) is 5.56 Å². The van der Waals surface area contributed by atoms with E-state index in [9.17, 15) is 4.79 Å². The van der Waals surface area contributed by atoms with E-state index in [0.717, 1.165) is 43.4 Å². The van der Waals surface area contributed by atoms with Crippen LogP contribution < -0.4 is 11.1 Å². The van der Waals surface area contributed by atoms with E-state index in [-0.39, 0.29) is 11.3 Å². The Kier molecular flexibility index (Phi) is 4.08. The number of hydrogen-bond donors (Lipinski definition) is 2. The maximum absolute atomic E-state index is 12.1. The highest BCUT2D eigenvalue weighted by Crippen LogP contribution is 2.37. The zero-order valence-corrected chi connectivity index (χ0v) is 13.6. The Balaban J connectivity index is 1.78. The molecule has 114 valence electrons. The van der Waals surface area contributed by atoms with E-state index in [4.69, 9.17) is 10.5 Å². The summed E-state index contributed by atoms with van der Waals surface area (Å²) in [7, 11) is 0. The van der Waals surface area contributed by atoms with Gasteiger partial charge in [0, 0.05) is 29.6 Å². The van der Waals surface area contributed by atoms with Crippen LogP contribution in [0.3, 0.4) is 0 Å². The van der Waals surface area contributed by atoms with Gasteiger partial charge in [0.1, 0.15) is 0 Å². The van der Waals surface area contributed by atoms with Gasteiger partial charge in [0.25, 0.3) is 0 Å². The third kappa shape index (κ3) is 3.15. The lowest BCUT2D eigenvalue weighted by Crippen LogP contribution is -2.50. The number of benzene rings is 1. The van der Waals surface area contributed by atoms with Crippen molar-refractivity contribution in [1.29, 1.82) is 0 Å². The molecule has 0 radical (unpaired) electrons. The van der Waals surface area contributed by atoms with Gasteiger partial charge in [-0.1, -0.05) is 28.1 Å². The fraction of sp³-hybridized carbons (Fsp3) is 0.562. The number of carbonyl (C=O) groups excluding carboxylic acids is 1. The van der Waals surface area contributed by atoms with E-state index in [2.05, 4.69) is 33.4 Å². The molecule has 2 fully saturated rings. The second-order valence-electron chi connectivity index (χ2n) is 6.24. The van der Waals surface area contributed by atoms with Gasteiger partial charge in [-0.2, -0.15) is 0 Å². The highest BCUT2D eigenvalue weighted by atomic mass is 79.9. The van der Waals surface area contributed by atoms with Crippen molar-refractivity contribution in [3.8, 4) is 0 Å². The predicted octanol–water partition coefficient (Wildman–Crippen LogP) is 2.10. The minimum atomic E-state index is -0.608. The van der Waals surface area contributed by atoms with Crippen molar-refractivity contribution in [2.45, 2.75) is 36.6 Å². The zero-order chi connectivity index (χ0) is 14.9. The lowest BCUT2D eigenvalue weighted by atomic mass is 9.74. The molecule has 1 saturated heterocycles. The minimum Gasteiger partial charge on any atom is -0.381 e. The van der Waals surface area contributed by atoms with E-state index < -0.39 is 5.54 Å². The molecule has 1 aliphatic heterocycles. The van der Waals surface area contributed by atoms with Crippen molar-refractivity contribution in [3.05, 3.63) is 34.3 Å². The standard InChI is InChI=1S/C16H21BrN2O2/c17-13-3-1-2-12(10-13)15(6-8-21-9-7-15)11-19-14(20)16(18)4-5-16/h1-3,10H,4-9,11,18H2,(H,19,20). The van der Waals surface area contributed by atoms with Crippen LogP contribution in [0.15, 0.2) is 28.7 Å². The highest BCUT2D eigenvalue weighted by molar-refractivity contribution is 9.10. The summed E-state index contributed by atoms with van der Waals surface area (Å²) < 4.78 is 6.58. The molecule has 1 aromatic rings. The van der Waals surface area contributed by atoms with Gasteiger partial charge >= 0.3 is 0 Å². The number of ether oxygens (including phenoxy) is 1. The highest BCUT2D eigenvalue weighted by Gasteiger charge is 2.46. The average Bonchev–Trinajstić information content (AvgIpc) is 3.25. The van der Waals surface area contributed by atoms with Crippen LogP contribution in [0.5, 0.6) is 0 Å². The van der Waals surface area contributed by atoms with Crippen molar-refractivity contribution < 1.29 is 9.53 Å². The monoisotopic (exact) mass is 352 g/mol. The van der Waals surface area contributed by atoms with E-state index in [0.29, 0.717) is 6.54 Å². The summed E-state index contributed by atoms with van der Waals surface area (Å²) in [5, 5.41) is 3.08. The Morgan fingerprint density at radius 2 is 2.00 bits per heavy atom. The van der Waals surface area contributed by atoms with Gasteiger partial charge in [-0.25, -0.2) is 0 Å². The minimum absolute atomic E-state index is 0.0108. The van der Waals surface area contributed by atoms with E-state index >= 15 is 0 Å². The van der Waals surface area contributed by atoms with Crippen molar-refractivity contribution in [2.75, 3.05) is 19.8 Å². The molecular weight excluding hydrogens is 332 g/mol. The molecule has 0 bridgehead atoms. The van der Waals surface area contributed by atoms with Gasteiger partial charge in [-0.05, 0) is 43.4 Å². The summed E-state index contributed by atoms with van der Waals surface area (Å²) in [5.41, 5.74) is 6.56. The maximum Gasteiger partial charge on any atom is 0.240 e. The molecule has 1 heterocycles. The Labute approximate surface area is 133 Å². The molecule has 21 heavy (non-hydrogen) atoms. The fourth-order valence-corrected chi connectivity index (χ4v) is 3.33. The van der Waals surface area contributed by atoms with Crippen LogP contribution in [0.25, 0.3) is 0 Å². The quantitative estimate of drug-likeness (QED) is 0.871.